The van der Waals surface area contributed by atoms with Crippen LogP contribution in [0.3, 0.4) is 0 Å². The summed E-state index contributed by atoms with van der Waals surface area (Å²) in [6, 6.07) is 7.55. The average molecular weight is 247 g/mol. The van der Waals surface area contributed by atoms with Gasteiger partial charge in [-0.15, -0.1) is 0 Å². The van der Waals surface area contributed by atoms with Gasteiger partial charge in [-0.2, -0.15) is 4.98 Å². The Labute approximate surface area is 108 Å². The zero-order valence-electron chi connectivity index (χ0n) is 10.9. The van der Waals surface area contributed by atoms with Crippen molar-refractivity contribution in [1.82, 2.24) is 4.98 Å². The number of anilines is 1. The molecule has 0 aromatic carbocycles. The molecule has 2 aliphatic heterocycles. The predicted molar refractivity (Wildman–Crippen MR) is 71.9 cm³/mol. The van der Waals surface area contributed by atoms with Crippen LogP contribution in [0.2, 0.25) is 0 Å². The van der Waals surface area contributed by atoms with Crippen LogP contribution in [-0.2, 0) is 0 Å². The van der Waals surface area contributed by atoms with E-state index in [0.29, 0.717) is 24.7 Å². The number of nitrogens with two attached hydrogens (primary N) is 1. The van der Waals surface area contributed by atoms with Crippen molar-refractivity contribution in [2.45, 2.75) is 50.7 Å². The molecule has 0 saturated carbocycles. The summed E-state index contributed by atoms with van der Waals surface area (Å²) in [7, 11) is 0. The molecule has 1 aromatic heterocycles. The Morgan fingerprint density at radius 3 is 2.72 bits per heavy atom. The van der Waals surface area contributed by atoms with Gasteiger partial charge in [0, 0.05) is 24.2 Å². The number of hydrogen-bond acceptors (Lipinski definition) is 4. The maximum Gasteiger partial charge on any atom is 0.215 e. The van der Waals surface area contributed by atoms with Crippen molar-refractivity contribution in [2.75, 3.05) is 11.5 Å². The highest BCUT2D eigenvalue weighted by atomic mass is 16.5. The van der Waals surface area contributed by atoms with E-state index in [9.17, 15) is 0 Å². The molecule has 2 atom stereocenters. The van der Waals surface area contributed by atoms with Gasteiger partial charge in [0.15, 0.2) is 0 Å². The second-order valence-electron chi connectivity index (χ2n) is 5.29. The van der Waals surface area contributed by atoms with Crippen LogP contribution in [0.4, 0.5) is 5.82 Å². The fraction of sp³-hybridized carbons (Fsp3) is 0.643. The van der Waals surface area contributed by atoms with Gasteiger partial charge >= 0.3 is 0 Å². The summed E-state index contributed by atoms with van der Waals surface area (Å²) >= 11 is 0. The van der Waals surface area contributed by atoms with Crippen LogP contribution in [0.15, 0.2) is 18.2 Å². The lowest BCUT2D eigenvalue weighted by atomic mass is 9.98. The van der Waals surface area contributed by atoms with E-state index in [4.69, 9.17) is 10.5 Å². The van der Waals surface area contributed by atoms with Crippen LogP contribution in [0.1, 0.15) is 32.6 Å². The summed E-state index contributed by atoms with van der Waals surface area (Å²) in [5.41, 5.74) is 6.10. The lowest BCUT2D eigenvalue weighted by Crippen LogP contribution is -2.47. The molecule has 2 bridgehead atoms. The topological polar surface area (TPSA) is 51.4 Å². The summed E-state index contributed by atoms with van der Waals surface area (Å²) in [6.07, 6.45) is 4.69. The summed E-state index contributed by atoms with van der Waals surface area (Å²) in [4.78, 5) is 7.08. The lowest BCUT2D eigenvalue weighted by molar-refractivity contribution is 0.326. The first-order chi connectivity index (χ1) is 8.78. The van der Waals surface area contributed by atoms with Crippen LogP contribution in [0, 0.1) is 0 Å². The van der Waals surface area contributed by atoms with Crippen molar-refractivity contribution in [3.8, 4) is 5.88 Å². The van der Waals surface area contributed by atoms with Crippen LogP contribution in [0.25, 0.3) is 0 Å². The molecule has 2 fully saturated rings. The van der Waals surface area contributed by atoms with E-state index < -0.39 is 0 Å². The first-order valence-electron chi connectivity index (χ1n) is 6.91. The highest BCUT2D eigenvalue weighted by Gasteiger charge is 2.40. The van der Waals surface area contributed by atoms with Gasteiger partial charge in [0.2, 0.25) is 5.88 Å². The number of piperidine rings is 1. The van der Waals surface area contributed by atoms with Gasteiger partial charge in [0.1, 0.15) is 5.82 Å². The van der Waals surface area contributed by atoms with Crippen LogP contribution < -0.4 is 15.4 Å². The number of nitrogens with zero attached hydrogens (tertiary/aromatic N) is 2. The molecule has 0 spiro atoms. The summed E-state index contributed by atoms with van der Waals surface area (Å²) in [6.45, 7) is 2.64. The Morgan fingerprint density at radius 2 is 2.06 bits per heavy atom. The van der Waals surface area contributed by atoms with Gasteiger partial charge in [-0.1, -0.05) is 6.07 Å². The Hall–Kier alpha value is -1.29. The Bertz CT molecular complexity index is 409. The maximum absolute atomic E-state index is 6.10. The van der Waals surface area contributed by atoms with E-state index >= 15 is 0 Å². The number of ether oxygens (including phenoxy) is 1. The van der Waals surface area contributed by atoms with Gasteiger partial charge in [0.25, 0.3) is 0 Å². The van der Waals surface area contributed by atoms with Crippen molar-refractivity contribution in [2.24, 2.45) is 5.73 Å². The molecule has 2 aliphatic rings. The van der Waals surface area contributed by atoms with Gasteiger partial charge < -0.3 is 15.4 Å². The number of fused-ring (bicyclic) bond motifs is 2. The molecule has 0 radical (unpaired) electrons. The average Bonchev–Trinajstić information content (AvgIpc) is 2.63. The number of hydrogen-bond donors (Lipinski definition) is 1. The van der Waals surface area contributed by atoms with Crippen molar-refractivity contribution in [1.29, 1.82) is 0 Å². The molecule has 0 aliphatic carbocycles. The summed E-state index contributed by atoms with van der Waals surface area (Å²) < 4.78 is 5.49. The third kappa shape index (κ3) is 2.05. The monoisotopic (exact) mass is 247 g/mol. The Morgan fingerprint density at radius 1 is 1.33 bits per heavy atom. The zero-order chi connectivity index (χ0) is 12.5. The smallest absolute Gasteiger partial charge is 0.215 e. The van der Waals surface area contributed by atoms with Crippen molar-refractivity contribution >= 4 is 5.82 Å². The highest BCUT2D eigenvalue weighted by molar-refractivity contribution is 5.45. The van der Waals surface area contributed by atoms with E-state index in [2.05, 4.69) is 16.0 Å². The Balaban J connectivity index is 1.84. The van der Waals surface area contributed by atoms with Crippen LogP contribution in [0.5, 0.6) is 5.88 Å². The minimum atomic E-state index is 0.369. The largest absolute Gasteiger partial charge is 0.478 e. The van der Waals surface area contributed by atoms with Crippen molar-refractivity contribution in [3.63, 3.8) is 0 Å². The second kappa shape index (κ2) is 4.76. The van der Waals surface area contributed by atoms with Gasteiger partial charge in [-0.05, 0) is 38.7 Å². The molecular formula is C14H21N3O. The molecule has 98 valence electrons. The molecule has 3 rings (SSSR count). The quantitative estimate of drug-likeness (QED) is 0.887. The minimum absolute atomic E-state index is 0.369. The highest BCUT2D eigenvalue weighted by Crippen LogP contribution is 2.38. The molecule has 0 amide bonds. The lowest BCUT2D eigenvalue weighted by Gasteiger charge is -2.38. The normalized spacial score (nSPS) is 30.6. The first-order valence-corrected chi connectivity index (χ1v) is 6.91. The molecule has 4 heteroatoms. The standard InChI is InChI=1S/C14H21N3O/c1-2-18-14-5-3-4-13(16-14)17-11-6-7-12(17)9-10(15)8-11/h3-5,10-12H,2,6-9,15H2,1H3. The minimum Gasteiger partial charge on any atom is -0.478 e. The molecule has 1 aromatic rings. The van der Waals surface area contributed by atoms with Crippen LogP contribution >= 0.6 is 0 Å². The third-order valence-corrected chi connectivity index (χ3v) is 4.04. The van der Waals surface area contributed by atoms with E-state index in [1.54, 1.807) is 0 Å². The third-order valence-electron chi connectivity index (χ3n) is 4.04. The summed E-state index contributed by atoms with van der Waals surface area (Å²) in [5.74, 6) is 1.78. The van der Waals surface area contributed by atoms with E-state index in [1.165, 1.54) is 12.8 Å². The van der Waals surface area contributed by atoms with Crippen LogP contribution in [-0.4, -0.2) is 29.7 Å². The van der Waals surface area contributed by atoms with Gasteiger partial charge in [-0.3, -0.25) is 0 Å². The summed E-state index contributed by atoms with van der Waals surface area (Å²) in [5, 5.41) is 0. The van der Waals surface area contributed by atoms with E-state index in [-0.39, 0.29) is 0 Å². The van der Waals surface area contributed by atoms with E-state index in [0.717, 1.165) is 24.5 Å². The molecule has 3 heterocycles. The predicted octanol–water partition coefficient (Wildman–Crippen LogP) is 1.94. The maximum atomic E-state index is 6.10. The fourth-order valence-electron chi connectivity index (χ4n) is 3.37. The Kier molecular flexibility index (Phi) is 3.12. The van der Waals surface area contributed by atoms with Gasteiger partial charge in [-0.25, -0.2) is 0 Å². The van der Waals surface area contributed by atoms with Crippen molar-refractivity contribution in [3.05, 3.63) is 18.2 Å². The number of aromatic nitrogens is 1. The fourth-order valence-corrected chi connectivity index (χ4v) is 3.37. The molecule has 2 unspecified atom stereocenters. The first kappa shape index (κ1) is 11.8. The zero-order valence-corrected chi connectivity index (χ0v) is 10.9. The molecule has 2 N–H and O–H groups in total. The number of pyridine rings is 1. The molecule has 2 saturated heterocycles. The molecular weight excluding hydrogens is 226 g/mol. The second-order valence-corrected chi connectivity index (χ2v) is 5.29. The van der Waals surface area contributed by atoms with Crippen molar-refractivity contribution < 1.29 is 4.74 Å². The molecule has 4 nitrogen and oxygen atoms in total. The SMILES string of the molecule is CCOc1cccc(N2C3CCC2CC(N)C3)n1. The molecule has 18 heavy (non-hydrogen) atoms. The van der Waals surface area contributed by atoms with Gasteiger partial charge in [0.05, 0.1) is 6.61 Å². The number of rotatable bonds is 3. The van der Waals surface area contributed by atoms with E-state index in [1.807, 2.05) is 19.1 Å².